The lowest BCUT2D eigenvalue weighted by Crippen LogP contribution is -2.10. The highest BCUT2D eigenvalue weighted by molar-refractivity contribution is 6.30. The van der Waals surface area contributed by atoms with Crippen LogP contribution in [-0.4, -0.2) is 5.84 Å². The predicted molar refractivity (Wildman–Crippen MR) is 53.8 cm³/mol. The maximum atomic E-state index is 7.04. The summed E-state index contributed by atoms with van der Waals surface area (Å²) in [5, 5.41) is 7.70. The molecule has 0 heterocycles. The monoisotopic (exact) mass is 184 g/mol. The summed E-state index contributed by atoms with van der Waals surface area (Å²) in [6.07, 6.45) is 0. The topological polar surface area (TPSA) is 49.9 Å². The van der Waals surface area contributed by atoms with E-state index in [1.54, 1.807) is 24.3 Å². The highest BCUT2D eigenvalue weighted by Crippen LogP contribution is 2.08. The first-order chi connectivity index (χ1) is 5.70. The average Bonchev–Trinajstić information content (AvgIpc) is 2.09. The molecule has 0 radical (unpaired) electrons. The highest BCUT2D eigenvalue weighted by Gasteiger charge is 1.93. The molecular weight excluding hydrogens is 172 g/mol. The molecule has 0 fully saturated rings. The van der Waals surface area contributed by atoms with Crippen molar-refractivity contribution in [1.82, 2.24) is 0 Å². The Morgan fingerprint density at radius 1 is 1.25 bits per heavy atom. The van der Waals surface area contributed by atoms with Gasteiger partial charge in [0.2, 0.25) is 0 Å². The lowest BCUT2D eigenvalue weighted by Gasteiger charge is -1.95. The van der Waals surface area contributed by atoms with Crippen molar-refractivity contribution in [2.75, 3.05) is 0 Å². The first-order valence-electron chi connectivity index (χ1n) is 3.80. The van der Waals surface area contributed by atoms with Gasteiger partial charge in [-0.15, -0.1) is 0 Å². The van der Waals surface area contributed by atoms with Crippen LogP contribution in [0.15, 0.2) is 24.3 Å². The van der Waals surface area contributed by atoms with E-state index in [9.17, 15) is 0 Å². The molecule has 0 saturated heterocycles. The van der Waals surface area contributed by atoms with E-state index in [1.807, 2.05) is 13.8 Å². The SMILES string of the molecule is CC.N=C(N)c1ccc(Cl)cc1. The van der Waals surface area contributed by atoms with Crippen molar-refractivity contribution in [2.45, 2.75) is 13.8 Å². The number of rotatable bonds is 1. The second kappa shape index (κ2) is 5.61. The third-order valence-corrected chi connectivity index (χ3v) is 1.41. The molecule has 12 heavy (non-hydrogen) atoms. The van der Waals surface area contributed by atoms with Gasteiger partial charge in [0, 0.05) is 10.6 Å². The summed E-state index contributed by atoms with van der Waals surface area (Å²) in [5.74, 6) is 0.0664. The summed E-state index contributed by atoms with van der Waals surface area (Å²) >= 11 is 5.61. The number of hydrogen-bond acceptors (Lipinski definition) is 1. The van der Waals surface area contributed by atoms with Crippen molar-refractivity contribution in [2.24, 2.45) is 5.73 Å². The Bertz CT molecular complexity index is 241. The van der Waals surface area contributed by atoms with Crippen molar-refractivity contribution in [3.63, 3.8) is 0 Å². The zero-order valence-corrected chi connectivity index (χ0v) is 8.02. The Kier molecular flexibility index (Phi) is 5.13. The van der Waals surface area contributed by atoms with E-state index in [4.69, 9.17) is 22.7 Å². The van der Waals surface area contributed by atoms with Crippen LogP contribution in [0.3, 0.4) is 0 Å². The molecule has 0 aromatic heterocycles. The lowest BCUT2D eigenvalue weighted by molar-refractivity contribution is 1.42. The molecule has 0 aliphatic heterocycles. The van der Waals surface area contributed by atoms with E-state index < -0.39 is 0 Å². The summed E-state index contributed by atoms with van der Waals surface area (Å²) < 4.78 is 0. The van der Waals surface area contributed by atoms with Gasteiger partial charge in [0.15, 0.2) is 0 Å². The van der Waals surface area contributed by atoms with E-state index >= 15 is 0 Å². The predicted octanol–water partition coefficient (Wildman–Crippen LogP) is 2.65. The first-order valence-corrected chi connectivity index (χ1v) is 4.18. The molecule has 1 aromatic carbocycles. The minimum atomic E-state index is 0.0664. The molecular formula is C9H13ClN2. The first kappa shape index (κ1) is 11.0. The second-order valence-corrected chi connectivity index (χ2v) is 2.36. The molecule has 1 rings (SSSR count). The van der Waals surface area contributed by atoms with Gasteiger partial charge in [-0.1, -0.05) is 25.4 Å². The number of nitrogens with one attached hydrogen (secondary N) is 1. The standard InChI is InChI=1S/C7H7ClN2.C2H6/c8-6-3-1-5(2-4-6)7(9)10;1-2/h1-4H,(H3,9,10);1-2H3. The summed E-state index contributed by atoms with van der Waals surface area (Å²) in [6.45, 7) is 4.00. The molecule has 3 heteroatoms. The van der Waals surface area contributed by atoms with E-state index in [0.29, 0.717) is 10.6 Å². The van der Waals surface area contributed by atoms with Gasteiger partial charge in [-0.05, 0) is 24.3 Å². The van der Waals surface area contributed by atoms with Gasteiger partial charge >= 0.3 is 0 Å². The summed E-state index contributed by atoms with van der Waals surface area (Å²) in [4.78, 5) is 0. The molecule has 3 N–H and O–H groups in total. The van der Waals surface area contributed by atoms with Crippen LogP contribution in [0.1, 0.15) is 19.4 Å². The minimum absolute atomic E-state index is 0.0664. The van der Waals surface area contributed by atoms with E-state index in [-0.39, 0.29) is 5.84 Å². The average molecular weight is 185 g/mol. The van der Waals surface area contributed by atoms with Gasteiger partial charge < -0.3 is 5.73 Å². The van der Waals surface area contributed by atoms with Gasteiger partial charge in [-0.25, -0.2) is 0 Å². The van der Waals surface area contributed by atoms with Crippen LogP contribution in [0.4, 0.5) is 0 Å². The molecule has 0 bridgehead atoms. The number of amidine groups is 1. The molecule has 1 aromatic rings. The third-order valence-electron chi connectivity index (χ3n) is 1.16. The maximum absolute atomic E-state index is 7.04. The third kappa shape index (κ3) is 3.39. The fraction of sp³-hybridized carbons (Fsp3) is 0.222. The minimum Gasteiger partial charge on any atom is -0.384 e. The van der Waals surface area contributed by atoms with Crippen molar-refractivity contribution in [3.05, 3.63) is 34.9 Å². The van der Waals surface area contributed by atoms with Crippen molar-refractivity contribution in [1.29, 1.82) is 5.41 Å². The Hall–Kier alpha value is -1.02. The van der Waals surface area contributed by atoms with Crippen LogP contribution in [0.2, 0.25) is 5.02 Å². The zero-order chi connectivity index (χ0) is 9.56. The number of nitrogens with two attached hydrogens (primary N) is 1. The van der Waals surface area contributed by atoms with Crippen LogP contribution in [-0.2, 0) is 0 Å². The van der Waals surface area contributed by atoms with Gasteiger partial charge in [-0.3, -0.25) is 5.41 Å². The number of nitrogen functional groups attached to an aromatic ring is 1. The summed E-state index contributed by atoms with van der Waals surface area (Å²) in [5.41, 5.74) is 5.90. The molecule has 2 nitrogen and oxygen atoms in total. The molecule has 0 unspecified atom stereocenters. The zero-order valence-electron chi connectivity index (χ0n) is 7.26. The fourth-order valence-corrected chi connectivity index (χ4v) is 0.755. The van der Waals surface area contributed by atoms with E-state index in [2.05, 4.69) is 0 Å². The molecule has 0 aliphatic rings. The molecule has 0 spiro atoms. The highest BCUT2D eigenvalue weighted by atomic mass is 35.5. The normalized spacial score (nSPS) is 8.25. The summed E-state index contributed by atoms with van der Waals surface area (Å²) in [7, 11) is 0. The Labute approximate surface area is 77.9 Å². The van der Waals surface area contributed by atoms with Crippen LogP contribution in [0.5, 0.6) is 0 Å². The van der Waals surface area contributed by atoms with Gasteiger partial charge in [0.05, 0.1) is 0 Å². The Balaban J connectivity index is 0.000000561. The maximum Gasteiger partial charge on any atom is 0.122 e. The van der Waals surface area contributed by atoms with Crippen molar-refractivity contribution >= 4 is 17.4 Å². The van der Waals surface area contributed by atoms with Crippen LogP contribution >= 0.6 is 11.6 Å². The molecule has 66 valence electrons. The number of hydrogen-bond donors (Lipinski definition) is 2. The number of benzene rings is 1. The largest absolute Gasteiger partial charge is 0.384 e. The second-order valence-electron chi connectivity index (χ2n) is 1.92. The van der Waals surface area contributed by atoms with E-state index in [1.165, 1.54) is 0 Å². The Morgan fingerprint density at radius 3 is 2.00 bits per heavy atom. The van der Waals surface area contributed by atoms with Crippen LogP contribution < -0.4 is 5.73 Å². The molecule has 0 amide bonds. The van der Waals surface area contributed by atoms with Crippen LogP contribution in [0.25, 0.3) is 0 Å². The van der Waals surface area contributed by atoms with E-state index in [0.717, 1.165) is 0 Å². The van der Waals surface area contributed by atoms with Gasteiger partial charge in [0.1, 0.15) is 5.84 Å². The van der Waals surface area contributed by atoms with Gasteiger partial charge in [0.25, 0.3) is 0 Å². The number of halogens is 1. The van der Waals surface area contributed by atoms with Crippen LogP contribution in [0, 0.1) is 5.41 Å². The van der Waals surface area contributed by atoms with Crippen molar-refractivity contribution < 1.29 is 0 Å². The molecule has 0 saturated carbocycles. The smallest absolute Gasteiger partial charge is 0.122 e. The lowest BCUT2D eigenvalue weighted by atomic mass is 10.2. The molecule has 0 aliphatic carbocycles. The fourth-order valence-electron chi connectivity index (χ4n) is 0.629. The van der Waals surface area contributed by atoms with Crippen molar-refractivity contribution in [3.8, 4) is 0 Å². The van der Waals surface area contributed by atoms with Gasteiger partial charge in [-0.2, -0.15) is 0 Å². The Morgan fingerprint density at radius 2 is 1.67 bits per heavy atom. The summed E-state index contributed by atoms with van der Waals surface area (Å²) in [6, 6.07) is 6.84. The molecule has 0 atom stereocenters. The quantitative estimate of drug-likeness (QED) is 0.512.